The molecule has 0 aromatic heterocycles. The lowest BCUT2D eigenvalue weighted by atomic mass is 10.1. The summed E-state index contributed by atoms with van der Waals surface area (Å²) in [6, 6.07) is 13.8. The van der Waals surface area contributed by atoms with Crippen LogP contribution >= 0.6 is 0 Å². The predicted molar refractivity (Wildman–Crippen MR) is 119 cm³/mol. The number of aryl methyl sites for hydroxylation is 2. The maximum Gasteiger partial charge on any atom is 0.238 e. The Morgan fingerprint density at radius 3 is 2.37 bits per heavy atom. The summed E-state index contributed by atoms with van der Waals surface area (Å²) < 4.78 is 5.16. The monoisotopic (exact) mass is 409 g/mol. The molecule has 2 aromatic rings. The Kier molecular flexibility index (Phi) is 7.46. The SMILES string of the molecule is COc1ccc(CCC(=O)N2CCN(CC(=O)Nc3cccc(C)c3C)CC2)cc1. The molecule has 1 heterocycles. The number of nitrogens with zero attached hydrogens (tertiary/aromatic N) is 2. The molecule has 1 aliphatic rings. The number of carbonyl (C=O) groups is 2. The van der Waals surface area contributed by atoms with Crippen molar-refractivity contribution in [2.45, 2.75) is 26.7 Å². The van der Waals surface area contributed by atoms with Gasteiger partial charge in [-0.2, -0.15) is 0 Å². The molecule has 30 heavy (non-hydrogen) atoms. The minimum atomic E-state index is -0.0111. The molecule has 1 fully saturated rings. The number of piperazine rings is 1. The van der Waals surface area contributed by atoms with Gasteiger partial charge in [-0.15, -0.1) is 0 Å². The van der Waals surface area contributed by atoms with E-state index in [0.717, 1.165) is 34.5 Å². The quantitative estimate of drug-likeness (QED) is 0.764. The zero-order valence-electron chi connectivity index (χ0n) is 18.1. The number of rotatable bonds is 7. The number of amides is 2. The Morgan fingerprint density at radius 1 is 1.00 bits per heavy atom. The number of methoxy groups -OCH3 is 1. The smallest absolute Gasteiger partial charge is 0.238 e. The molecule has 160 valence electrons. The number of ether oxygens (including phenoxy) is 1. The van der Waals surface area contributed by atoms with E-state index in [-0.39, 0.29) is 11.8 Å². The molecule has 2 aromatic carbocycles. The molecule has 0 unspecified atom stereocenters. The summed E-state index contributed by atoms with van der Waals surface area (Å²) in [5, 5.41) is 3.01. The van der Waals surface area contributed by atoms with E-state index >= 15 is 0 Å². The van der Waals surface area contributed by atoms with E-state index in [0.29, 0.717) is 39.1 Å². The molecule has 0 saturated carbocycles. The summed E-state index contributed by atoms with van der Waals surface area (Å²) in [6.45, 7) is 7.16. The van der Waals surface area contributed by atoms with Gasteiger partial charge in [0.15, 0.2) is 0 Å². The molecule has 3 rings (SSSR count). The summed E-state index contributed by atoms with van der Waals surface area (Å²) >= 11 is 0. The normalized spacial score (nSPS) is 14.4. The fourth-order valence-corrected chi connectivity index (χ4v) is 3.64. The van der Waals surface area contributed by atoms with Gasteiger partial charge in [0.2, 0.25) is 11.8 Å². The molecule has 1 N–H and O–H groups in total. The highest BCUT2D eigenvalue weighted by Crippen LogP contribution is 2.18. The molecule has 0 spiro atoms. The summed E-state index contributed by atoms with van der Waals surface area (Å²) in [4.78, 5) is 29.0. The van der Waals surface area contributed by atoms with Gasteiger partial charge in [-0.25, -0.2) is 0 Å². The van der Waals surface area contributed by atoms with Crippen LogP contribution in [0.4, 0.5) is 5.69 Å². The second-order valence-electron chi connectivity index (χ2n) is 7.80. The van der Waals surface area contributed by atoms with Gasteiger partial charge in [0.25, 0.3) is 0 Å². The summed E-state index contributed by atoms with van der Waals surface area (Å²) in [5.41, 5.74) is 4.26. The van der Waals surface area contributed by atoms with E-state index in [2.05, 4.69) is 10.2 Å². The van der Waals surface area contributed by atoms with Crippen molar-refractivity contribution in [3.63, 3.8) is 0 Å². The first-order valence-electron chi connectivity index (χ1n) is 10.5. The van der Waals surface area contributed by atoms with Gasteiger partial charge in [0.1, 0.15) is 5.75 Å². The van der Waals surface area contributed by atoms with Crippen LogP contribution in [0, 0.1) is 13.8 Å². The summed E-state index contributed by atoms with van der Waals surface area (Å²) in [7, 11) is 1.64. The van der Waals surface area contributed by atoms with Gasteiger partial charge in [0.05, 0.1) is 13.7 Å². The topological polar surface area (TPSA) is 61.9 Å². The van der Waals surface area contributed by atoms with Crippen LogP contribution in [0.5, 0.6) is 5.75 Å². The van der Waals surface area contributed by atoms with E-state index < -0.39 is 0 Å². The maximum absolute atomic E-state index is 12.5. The number of anilines is 1. The Labute approximate surface area is 178 Å². The highest BCUT2D eigenvalue weighted by molar-refractivity contribution is 5.93. The Hall–Kier alpha value is -2.86. The standard InChI is InChI=1S/C24H31N3O3/c1-18-5-4-6-22(19(18)2)25-23(28)17-26-13-15-27(16-14-26)24(29)12-9-20-7-10-21(30-3)11-8-20/h4-8,10-11H,9,12-17H2,1-3H3,(H,25,28). The fourth-order valence-electron chi connectivity index (χ4n) is 3.64. The third-order valence-electron chi connectivity index (χ3n) is 5.76. The Balaban J connectivity index is 1.40. The van der Waals surface area contributed by atoms with Crippen LogP contribution in [-0.2, 0) is 16.0 Å². The van der Waals surface area contributed by atoms with Crippen LogP contribution in [0.3, 0.4) is 0 Å². The van der Waals surface area contributed by atoms with E-state index in [1.165, 1.54) is 0 Å². The first-order chi connectivity index (χ1) is 14.5. The van der Waals surface area contributed by atoms with Crippen molar-refractivity contribution in [3.8, 4) is 5.75 Å². The lowest BCUT2D eigenvalue weighted by Crippen LogP contribution is -2.50. The number of nitrogens with one attached hydrogen (secondary N) is 1. The Morgan fingerprint density at radius 2 is 1.70 bits per heavy atom. The van der Waals surface area contributed by atoms with Crippen LogP contribution in [-0.4, -0.2) is 61.4 Å². The molecule has 1 saturated heterocycles. The van der Waals surface area contributed by atoms with E-state index in [1.807, 2.05) is 61.2 Å². The first-order valence-corrected chi connectivity index (χ1v) is 10.5. The number of carbonyl (C=O) groups excluding carboxylic acids is 2. The molecule has 2 amide bonds. The van der Waals surface area contributed by atoms with Crippen LogP contribution < -0.4 is 10.1 Å². The number of hydrogen-bond donors (Lipinski definition) is 1. The highest BCUT2D eigenvalue weighted by atomic mass is 16.5. The minimum Gasteiger partial charge on any atom is -0.497 e. The molecule has 1 aliphatic heterocycles. The zero-order valence-corrected chi connectivity index (χ0v) is 18.1. The van der Waals surface area contributed by atoms with Gasteiger partial charge in [-0.05, 0) is 55.2 Å². The van der Waals surface area contributed by atoms with Gasteiger partial charge >= 0.3 is 0 Å². The molecule has 0 bridgehead atoms. The van der Waals surface area contributed by atoms with Gasteiger partial charge in [-0.3, -0.25) is 14.5 Å². The first kappa shape index (κ1) is 21.8. The Bertz CT molecular complexity index is 872. The number of hydrogen-bond acceptors (Lipinski definition) is 4. The molecular formula is C24H31N3O3. The van der Waals surface area contributed by atoms with Gasteiger partial charge in [-0.1, -0.05) is 24.3 Å². The van der Waals surface area contributed by atoms with Crippen LogP contribution in [0.2, 0.25) is 0 Å². The summed E-state index contributed by atoms with van der Waals surface area (Å²) in [5.74, 6) is 0.982. The third kappa shape index (κ3) is 5.83. The summed E-state index contributed by atoms with van der Waals surface area (Å²) in [6.07, 6.45) is 1.22. The largest absolute Gasteiger partial charge is 0.497 e. The average Bonchev–Trinajstić information content (AvgIpc) is 2.76. The average molecular weight is 410 g/mol. The molecule has 0 atom stereocenters. The van der Waals surface area contributed by atoms with E-state index in [4.69, 9.17) is 4.74 Å². The molecule has 0 radical (unpaired) electrons. The molecular weight excluding hydrogens is 378 g/mol. The maximum atomic E-state index is 12.5. The van der Waals surface area contributed by atoms with Crippen molar-refractivity contribution in [3.05, 3.63) is 59.2 Å². The van der Waals surface area contributed by atoms with Crippen molar-refractivity contribution in [1.82, 2.24) is 9.80 Å². The van der Waals surface area contributed by atoms with Crippen molar-refractivity contribution < 1.29 is 14.3 Å². The van der Waals surface area contributed by atoms with Crippen molar-refractivity contribution in [2.24, 2.45) is 0 Å². The second kappa shape index (κ2) is 10.3. The van der Waals surface area contributed by atoms with Crippen molar-refractivity contribution >= 4 is 17.5 Å². The van der Waals surface area contributed by atoms with Gasteiger partial charge in [0, 0.05) is 38.3 Å². The molecule has 6 nitrogen and oxygen atoms in total. The van der Waals surface area contributed by atoms with Crippen molar-refractivity contribution in [2.75, 3.05) is 45.2 Å². The van der Waals surface area contributed by atoms with Crippen LogP contribution in [0.15, 0.2) is 42.5 Å². The fraction of sp³-hybridized carbons (Fsp3) is 0.417. The lowest BCUT2D eigenvalue weighted by molar-refractivity contribution is -0.133. The molecule has 6 heteroatoms. The molecule has 0 aliphatic carbocycles. The lowest BCUT2D eigenvalue weighted by Gasteiger charge is -2.34. The van der Waals surface area contributed by atoms with Gasteiger partial charge < -0.3 is 15.0 Å². The third-order valence-corrected chi connectivity index (χ3v) is 5.76. The van der Waals surface area contributed by atoms with Crippen LogP contribution in [0.1, 0.15) is 23.1 Å². The zero-order chi connectivity index (χ0) is 21.5. The van der Waals surface area contributed by atoms with E-state index in [9.17, 15) is 9.59 Å². The van der Waals surface area contributed by atoms with Crippen molar-refractivity contribution in [1.29, 1.82) is 0 Å². The highest BCUT2D eigenvalue weighted by Gasteiger charge is 2.22. The minimum absolute atomic E-state index is 0.0111. The predicted octanol–water partition coefficient (Wildman–Crippen LogP) is 3.03. The van der Waals surface area contributed by atoms with Crippen LogP contribution in [0.25, 0.3) is 0 Å². The second-order valence-corrected chi connectivity index (χ2v) is 7.80. The number of benzene rings is 2. The van der Waals surface area contributed by atoms with E-state index in [1.54, 1.807) is 7.11 Å².